The molecule has 1 saturated heterocycles. The molecular weight excluding hydrogens is 266 g/mol. The van der Waals surface area contributed by atoms with Crippen molar-refractivity contribution in [3.8, 4) is 0 Å². The number of nitrogens with zero attached hydrogens (tertiary/aromatic N) is 3. The molecule has 2 heterocycles. The van der Waals surface area contributed by atoms with Gasteiger partial charge in [0.1, 0.15) is 5.15 Å². The molecule has 2 rings (SSSR count). The molecule has 0 spiro atoms. The molecule has 17 heavy (non-hydrogen) atoms. The van der Waals surface area contributed by atoms with Gasteiger partial charge in [0.05, 0.1) is 12.9 Å². The second kappa shape index (κ2) is 4.93. The lowest BCUT2D eigenvalue weighted by molar-refractivity contribution is 0.148. The summed E-state index contributed by atoms with van der Waals surface area (Å²) >= 11 is 5.92. The maximum atomic E-state index is 12.3. The van der Waals surface area contributed by atoms with Crippen LogP contribution in [0.3, 0.4) is 0 Å². The van der Waals surface area contributed by atoms with E-state index in [0.29, 0.717) is 32.7 Å². The molecule has 1 aliphatic heterocycles. The molecule has 6 nitrogen and oxygen atoms in total. The van der Waals surface area contributed by atoms with E-state index in [1.165, 1.54) is 15.2 Å². The maximum Gasteiger partial charge on any atom is 0.263 e. The summed E-state index contributed by atoms with van der Waals surface area (Å²) in [6, 6.07) is 0. The highest BCUT2D eigenvalue weighted by Crippen LogP contribution is 2.23. The van der Waals surface area contributed by atoms with Crippen LogP contribution in [0.15, 0.2) is 11.4 Å². The SMILES string of the molecule is Cn1cnc(S(=O)(=O)N2CCCOCC2)c1Cl. The van der Waals surface area contributed by atoms with Crippen LogP contribution < -0.4 is 0 Å². The first-order chi connectivity index (χ1) is 8.03. The predicted octanol–water partition coefficient (Wildman–Crippen LogP) is 0.484. The standard InChI is InChI=1S/C9H14ClN3O3S/c1-12-7-11-9(8(12)10)17(14,15)13-3-2-5-16-6-4-13/h7H,2-6H2,1H3. The normalized spacial score (nSPS) is 19.2. The van der Waals surface area contributed by atoms with Crippen LogP contribution in [0.4, 0.5) is 0 Å². The lowest BCUT2D eigenvalue weighted by Gasteiger charge is -2.17. The van der Waals surface area contributed by atoms with E-state index in [9.17, 15) is 8.42 Å². The molecule has 0 N–H and O–H groups in total. The van der Waals surface area contributed by atoms with E-state index in [0.717, 1.165) is 0 Å². The number of rotatable bonds is 2. The lowest BCUT2D eigenvalue weighted by Crippen LogP contribution is -2.33. The Hall–Kier alpha value is -0.630. The Balaban J connectivity index is 2.32. The molecule has 0 unspecified atom stereocenters. The molecule has 0 atom stereocenters. The number of sulfonamides is 1. The Kier molecular flexibility index (Phi) is 3.72. The molecule has 0 saturated carbocycles. The molecule has 1 aromatic heterocycles. The quantitative estimate of drug-likeness (QED) is 0.790. The largest absolute Gasteiger partial charge is 0.380 e. The summed E-state index contributed by atoms with van der Waals surface area (Å²) in [6.45, 7) is 1.77. The summed E-state index contributed by atoms with van der Waals surface area (Å²) in [6.07, 6.45) is 2.08. The highest BCUT2D eigenvalue weighted by molar-refractivity contribution is 7.89. The fourth-order valence-corrected chi connectivity index (χ4v) is 3.50. The molecule has 0 radical (unpaired) electrons. The number of halogens is 1. The summed E-state index contributed by atoms with van der Waals surface area (Å²) in [5.41, 5.74) is 0. The fourth-order valence-electron chi connectivity index (χ4n) is 1.65. The number of aryl methyl sites for hydroxylation is 1. The van der Waals surface area contributed by atoms with Gasteiger partial charge < -0.3 is 9.30 Å². The minimum absolute atomic E-state index is 0.0800. The molecule has 0 amide bonds. The summed E-state index contributed by atoms with van der Waals surface area (Å²) in [5.74, 6) is 0. The van der Waals surface area contributed by atoms with Gasteiger partial charge in [-0.15, -0.1) is 0 Å². The van der Waals surface area contributed by atoms with Crippen molar-refractivity contribution in [3.05, 3.63) is 11.5 Å². The molecule has 0 aromatic carbocycles. The zero-order valence-corrected chi connectivity index (χ0v) is 11.0. The third kappa shape index (κ3) is 2.47. The molecule has 1 aliphatic rings. The van der Waals surface area contributed by atoms with E-state index in [1.807, 2.05) is 0 Å². The van der Waals surface area contributed by atoms with E-state index in [2.05, 4.69) is 4.98 Å². The number of hydrogen-bond acceptors (Lipinski definition) is 4. The average molecular weight is 280 g/mol. The van der Waals surface area contributed by atoms with Gasteiger partial charge in [-0.1, -0.05) is 11.6 Å². The Labute approximate surface area is 105 Å². The van der Waals surface area contributed by atoms with Crippen molar-refractivity contribution in [1.82, 2.24) is 13.9 Å². The molecular formula is C9H14ClN3O3S. The van der Waals surface area contributed by atoms with Crippen molar-refractivity contribution >= 4 is 21.6 Å². The number of imidazole rings is 1. The number of hydrogen-bond donors (Lipinski definition) is 0. The van der Waals surface area contributed by atoms with Gasteiger partial charge in [0.2, 0.25) is 5.03 Å². The van der Waals surface area contributed by atoms with Crippen LogP contribution in [0.25, 0.3) is 0 Å². The van der Waals surface area contributed by atoms with Crippen LogP contribution in [-0.4, -0.2) is 48.6 Å². The van der Waals surface area contributed by atoms with Gasteiger partial charge in [-0.3, -0.25) is 0 Å². The second-order valence-corrected chi connectivity index (χ2v) is 6.03. The Bertz CT molecular complexity index is 492. The second-order valence-electron chi connectivity index (χ2n) is 3.82. The first-order valence-electron chi connectivity index (χ1n) is 5.28. The topological polar surface area (TPSA) is 64.4 Å². The summed E-state index contributed by atoms with van der Waals surface area (Å²) in [5, 5.41) is 0.0544. The third-order valence-corrected chi connectivity index (χ3v) is 4.99. The van der Waals surface area contributed by atoms with Crippen LogP contribution in [-0.2, 0) is 21.8 Å². The van der Waals surface area contributed by atoms with Gasteiger partial charge in [-0.2, -0.15) is 4.31 Å². The van der Waals surface area contributed by atoms with Crippen LogP contribution >= 0.6 is 11.6 Å². The van der Waals surface area contributed by atoms with Crippen molar-refractivity contribution < 1.29 is 13.2 Å². The average Bonchev–Trinajstić information content (AvgIpc) is 2.55. The van der Waals surface area contributed by atoms with E-state index < -0.39 is 10.0 Å². The van der Waals surface area contributed by atoms with E-state index in [4.69, 9.17) is 16.3 Å². The fraction of sp³-hybridized carbons (Fsp3) is 0.667. The van der Waals surface area contributed by atoms with Crippen molar-refractivity contribution in [2.24, 2.45) is 7.05 Å². The van der Waals surface area contributed by atoms with Crippen molar-refractivity contribution in [3.63, 3.8) is 0 Å². The van der Waals surface area contributed by atoms with Gasteiger partial charge in [0.25, 0.3) is 10.0 Å². The van der Waals surface area contributed by atoms with Gasteiger partial charge in [-0.25, -0.2) is 13.4 Å². The minimum Gasteiger partial charge on any atom is -0.380 e. The zero-order valence-electron chi connectivity index (χ0n) is 9.47. The first kappa shape index (κ1) is 12.8. The van der Waals surface area contributed by atoms with Gasteiger partial charge in [-0.05, 0) is 6.42 Å². The number of ether oxygens (including phenoxy) is 1. The highest BCUT2D eigenvalue weighted by atomic mass is 35.5. The van der Waals surface area contributed by atoms with Crippen LogP contribution in [0.5, 0.6) is 0 Å². The van der Waals surface area contributed by atoms with E-state index in [-0.39, 0.29) is 10.2 Å². The maximum absolute atomic E-state index is 12.3. The summed E-state index contributed by atoms with van der Waals surface area (Å²) < 4.78 is 32.6. The first-order valence-corrected chi connectivity index (χ1v) is 7.10. The molecule has 0 bridgehead atoms. The van der Waals surface area contributed by atoms with E-state index in [1.54, 1.807) is 7.05 Å². The monoisotopic (exact) mass is 279 g/mol. The highest BCUT2D eigenvalue weighted by Gasteiger charge is 2.30. The summed E-state index contributed by atoms with van der Waals surface area (Å²) in [4.78, 5) is 3.85. The van der Waals surface area contributed by atoms with Crippen molar-refractivity contribution in [1.29, 1.82) is 0 Å². The Morgan fingerprint density at radius 3 is 2.82 bits per heavy atom. The number of aromatic nitrogens is 2. The molecule has 96 valence electrons. The molecule has 1 fully saturated rings. The van der Waals surface area contributed by atoms with Crippen molar-refractivity contribution in [2.45, 2.75) is 11.4 Å². The van der Waals surface area contributed by atoms with Crippen LogP contribution in [0.2, 0.25) is 5.15 Å². The zero-order chi connectivity index (χ0) is 12.5. The third-order valence-electron chi connectivity index (χ3n) is 2.60. The Morgan fingerprint density at radius 1 is 1.41 bits per heavy atom. The minimum atomic E-state index is -3.61. The predicted molar refractivity (Wildman–Crippen MR) is 62.4 cm³/mol. The molecule has 8 heteroatoms. The van der Waals surface area contributed by atoms with Crippen molar-refractivity contribution in [2.75, 3.05) is 26.3 Å². The van der Waals surface area contributed by atoms with Gasteiger partial charge >= 0.3 is 0 Å². The molecule has 0 aliphatic carbocycles. The lowest BCUT2D eigenvalue weighted by atomic mass is 10.5. The van der Waals surface area contributed by atoms with E-state index >= 15 is 0 Å². The van der Waals surface area contributed by atoms with Gasteiger partial charge in [0.15, 0.2) is 0 Å². The van der Waals surface area contributed by atoms with Gasteiger partial charge in [0, 0.05) is 26.7 Å². The smallest absolute Gasteiger partial charge is 0.263 e. The molecule has 1 aromatic rings. The summed E-state index contributed by atoms with van der Waals surface area (Å²) in [7, 11) is -1.95. The Morgan fingerprint density at radius 2 is 2.18 bits per heavy atom. The van der Waals surface area contributed by atoms with Crippen LogP contribution in [0.1, 0.15) is 6.42 Å². The van der Waals surface area contributed by atoms with Crippen LogP contribution in [0, 0.1) is 0 Å².